The summed E-state index contributed by atoms with van der Waals surface area (Å²) in [5.74, 6) is 1.29. The van der Waals surface area contributed by atoms with Gasteiger partial charge in [-0.1, -0.05) is 6.07 Å². The Hall–Kier alpha value is -2.56. The van der Waals surface area contributed by atoms with Crippen molar-refractivity contribution < 1.29 is 4.42 Å². The maximum absolute atomic E-state index is 6.07. The number of nitrogen functional groups attached to an aromatic ring is 1. The van der Waals surface area contributed by atoms with Crippen LogP contribution in [-0.4, -0.2) is 14.8 Å². The molecule has 0 aliphatic carbocycles. The first-order valence-electron chi connectivity index (χ1n) is 5.54. The number of nitrogens with two attached hydrogens (primary N) is 1. The van der Waals surface area contributed by atoms with Crippen molar-refractivity contribution in [3.05, 3.63) is 42.9 Å². The van der Waals surface area contributed by atoms with Crippen molar-refractivity contribution in [2.75, 3.05) is 5.73 Å². The number of aryl methyl sites for hydroxylation is 1. The van der Waals surface area contributed by atoms with Crippen LogP contribution in [0.1, 0.15) is 0 Å². The van der Waals surface area contributed by atoms with E-state index >= 15 is 0 Å². The number of rotatable bonds is 2. The number of hydrogen-bond donors (Lipinski definition) is 1. The molecule has 5 nitrogen and oxygen atoms in total. The third-order valence-corrected chi connectivity index (χ3v) is 2.80. The molecule has 3 heterocycles. The number of hydrogen-bond acceptors (Lipinski definition) is 4. The molecule has 0 radical (unpaired) electrons. The Bertz CT molecular complexity index is 656. The third kappa shape index (κ3) is 1.57. The minimum absolute atomic E-state index is 0.592. The van der Waals surface area contributed by atoms with Crippen molar-refractivity contribution in [1.29, 1.82) is 0 Å². The van der Waals surface area contributed by atoms with E-state index in [0.717, 1.165) is 16.8 Å². The lowest BCUT2D eigenvalue weighted by Gasteiger charge is -2.01. The fraction of sp³-hybridized carbons (Fsp3) is 0.0769. The zero-order chi connectivity index (χ0) is 12.5. The van der Waals surface area contributed by atoms with Gasteiger partial charge in [-0.3, -0.25) is 9.67 Å². The fourth-order valence-corrected chi connectivity index (χ4v) is 1.92. The van der Waals surface area contributed by atoms with Gasteiger partial charge < -0.3 is 10.2 Å². The maximum atomic E-state index is 6.07. The molecular formula is C13H12N4O. The summed E-state index contributed by atoms with van der Waals surface area (Å²) < 4.78 is 7.04. The normalized spacial score (nSPS) is 10.7. The van der Waals surface area contributed by atoms with Crippen LogP contribution in [0.5, 0.6) is 0 Å². The summed E-state index contributed by atoms with van der Waals surface area (Å²) in [5.41, 5.74) is 8.58. The van der Waals surface area contributed by atoms with Gasteiger partial charge in [-0.2, -0.15) is 5.10 Å². The summed E-state index contributed by atoms with van der Waals surface area (Å²) in [6, 6.07) is 7.51. The van der Waals surface area contributed by atoms with E-state index in [2.05, 4.69) is 10.1 Å². The second kappa shape index (κ2) is 4.03. The molecule has 2 N–H and O–H groups in total. The zero-order valence-corrected chi connectivity index (χ0v) is 9.87. The Morgan fingerprint density at radius 3 is 2.83 bits per heavy atom. The second-order valence-electron chi connectivity index (χ2n) is 3.95. The molecule has 0 atom stereocenters. The van der Waals surface area contributed by atoms with E-state index in [1.807, 2.05) is 31.3 Å². The van der Waals surface area contributed by atoms with E-state index in [1.165, 1.54) is 0 Å². The number of furan rings is 1. The van der Waals surface area contributed by atoms with Crippen molar-refractivity contribution >= 4 is 5.82 Å². The van der Waals surface area contributed by atoms with E-state index < -0.39 is 0 Å². The zero-order valence-electron chi connectivity index (χ0n) is 9.87. The third-order valence-electron chi connectivity index (χ3n) is 2.80. The fourth-order valence-electron chi connectivity index (χ4n) is 1.92. The van der Waals surface area contributed by atoms with Crippen LogP contribution >= 0.6 is 0 Å². The molecule has 0 fully saturated rings. The second-order valence-corrected chi connectivity index (χ2v) is 3.95. The molecule has 18 heavy (non-hydrogen) atoms. The van der Waals surface area contributed by atoms with Crippen LogP contribution in [0.3, 0.4) is 0 Å². The Balaban J connectivity index is 2.26. The summed E-state index contributed by atoms with van der Waals surface area (Å²) in [7, 11) is 1.81. The highest BCUT2D eigenvalue weighted by atomic mass is 16.3. The van der Waals surface area contributed by atoms with Crippen LogP contribution in [0, 0.1) is 0 Å². The van der Waals surface area contributed by atoms with Gasteiger partial charge in [0.15, 0.2) is 5.76 Å². The van der Waals surface area contributed by atoms with Gasteiger partial charge in [0.2, 0.25) is 0 Å². The Morgan fingerprint density at radius 1 is 1.28 bits per heavy atom. The summed E-state index contributed by atoms with van der Waals surface area (Å²) >= 11 is 0. The lowest BCUT2D eigenvalue weighted by Crippen LogP contribution is -1.98. The molecule has 0 saturated heterocycles. The smallest absolute Gasteiger partial charge is 0.154 e. The minimum Gasteiger partial charge on any atom is -0.463 e. The summed E-state index contributed by atoms with van der Waals surface area (Å²) in [5, 5.41) is 4.40. The average molecular weight is 240 g/mol. The van der Waals surface area contributed by atoms with Crippen LogP contribution in [0.15, 0.2) is 47.3 Å². The van der Waals surface area contributed by atoms with E-state index in [9.17, 15) is 0 Å². The van der Waals surface area contributed by atoms with Crippen molar-refractivity contribution in [2.24, 2.45) is 7.05 Å². The molecule has 3 aromatic rings. The largest absolute Gasteiger partial charge is 0.463 e. The Labute approximate surface area is 104 Å². The molecular weight excluding hydrogens is 228 g/mol. The van der Waals surface area contributed by atoms with E-state index in [-0.39, 0.29) is 0 Å². The summed E-state index contributed by atoms with van der Waals surface area (Å²) in [4.78, 5) is 4.11. The number of nitrogens with zero attached hydrogens (tertiary/aromatic N) is 3. The SMILES string of the molecule is Cn1nc(-c2ccco2)c(-c2cccnc2)c1N. The van der Waals surface area contributed by atoms with Gasteiger partial charge in [0.1, 0.15) is 11.5 Å². The van der Waals surface area contributed by atoms with Crippen LogP contribution < -0.4 is 5.73 Å². The first kappa shape index (κ1) is 10.6. The van der Waals surface area contributed by atoms with E-state index in [1.54, 1.807) is 23.3 Å². The molecule has 3 aromatic heterocycles. The van der Waals surface area contributed by atoms with Crippen LogP contribution in [0.4, 0.5) is 5.82 Å². The highest BCUT2D eigenvalue weighted by Gasteiger charge is 2.18. The highest BCUT2D eigenvalue weighted by Crippen LogP contribution is 2.35. The maximum Gasteiger partial charge on any atom is 0.154 e. The molecule has 0 saturated carbocycles. The quantitative estimate of drug-likeness (QED) is 0.746. The van der Waals surface area contributed by atoms with Gasteiger partial charge in [0, 0.05) is 25.0 Å². The number of anilines is 1. The molecule has 0 spiro atoms. The Kier molecular flexibility index (Phi) is 2.37. The van der Waals surface area contributed by atoms with Gasteiger partial charge in [-0.25, -0.2) is 0 Å². The molecule has 0 aliphatic heterocycles. The first-order chi connectivity index (χ1) is 8.77. The number of pyridine rings is 1. The summed E-state index contributed by atoms with van der Waals surface area (Å²) in [6.45, 7) is 0. The van der Waals surface area contributed by atoms with Crippen LogP contribution in [0.25, 0.3) is 22.6 Å². The van der Waals surface area contributed by atoms with E-state index in [0.29, 0.717) is 11.6 Å². The molecule has 0 bridgehead atoms. The highest BCUT2D eigenvalue weighted by molar-refractivity contribution is 5.86. The molecule has 0 unspecified atom stereocenters. The first-order valence-corrected chi connectivity index (χ1v) is 5.54. The average Bonchev–Trinajstić information content (AvgIpc) is 3.00. The lowest BCUT2D eigenvalue weighted by atomic mass is 10.1. The predicted octanol–water partition coefficient (Wildman–Crippen LogP) is 2.32. The van der Waals surface area contributed by atoms with Crippen LogP contribution in [0.2, 0.25) is 0 Å². The predicted molar refractivity (Wildman–Crippen MR) is 68.6 cm³/mol. The molecule has 90 valence electrons. The monoisotopic (exact) mass is 240 g/mol. The van der Waals surface area contributed by atoms with Gasteiger partial charge >= 0.3 is 0 Å². The number of aromatic nitrogens is 3. The Morgan fingerprint density at radius 2 is 2.17 bits per heavy atom. The van der Waals surface area contributed by atoms with Gasteiger partial charge in [0.05, 0.1) is 11.8 Å². The molecule has 0 amide bonds. The van der Waals surface area contributed by atoms with Crippen molar-refractivity contribution in [2.45, 2.75) is 0 Å². The molecule has 0 aliphatic rings. The minimum atomic E-state index is 0.592. The standard InChI is InChI=1S/C13H12N4O/c1-17-13(14)11(9-4-2-6-15-8-9)12(16-17)10-5-3-7-18-10/h2-8H,14H2,1H3. The van der Waals surface area contributed by atoms with Crippen molar-refractivity contribution in [3.63, 3.8) is 0 Å². The van der Waals surface area contributed by atoms with E-state index in [4.69, 9.17) is 10.2 Å². The molecule has 3 rings (SSSR count). The lowest BCUT2D eigenvalue weighted by molar-refractivity contribution is 0.578. The topological polar surface area (TPSA) is 69.9 Å². The van der Waals surface area contributed by atoms with Crippen molar-refractivity contribution in [1.82, 2.24) is 14.8 Å². The molecule has 5 heteroatoms. The molecule has 0 aromatic carbocycles. The van der Waals surface area contributed by atoms with Crippen molar-refractivity contribution in [3.8, 4) is 22.6 Å². The van der Waals surface area contributed by atoms with Crippen LogP contribution in [-0.2, 0) is 7.05 Å². The van der Waals surface area contributed by atoms with Gasteiger partial charge in [0.25, 0.3) is 0 Å². The van der Waals surface area contributed by atoms with Gasteiger partial charge in [-0.15, -0.1) is 0 Å². The van der Waals surface area contributed by atoms with Gasteiger partial charge in [-0.05, 0) is 18.2 Å². The summed E-state index contributed by atoms with van der Waals surface area (Å²) in [6.07, 6.45) is 5.11.